The Kier molecular flexibility index (Phi) is 7.64. The molecule has 0 radical (unpaired) electrons. The Morgan fingerprint density at radius 1 is 0.978 bits per heavy atom. The number of hydrogen-bond donors (Lipinski definition) is 2. The van der Waals surface area contributed by atoms with Crippen LogP contribution in [0, 0.1) is 13.8 Å². The Morgan fingerprint density at radius 3 is 2.24 bits per heavy atom. The number of carbonyl (C=O) groups is 4. The van der Waals surface area contributed by atoms with E-state index < -0.39 is 50.0 Å². The SMILES string of the molecule is [2H]C([2H])([2H])N(C(=O)C[C@H]1C(=O)Nc2cc(NC(=O)c3cc(OC)c(OC)c(OC)c3Br)c(Oc3cc(C)cc(C)c3)cc2C(=O)N1C)C([2H])([2H])[2H]. The van der Waals surface area contributed by atoms with Gasteiger partial charge < -0.3 is 39.4 Å². The fraction of sp³-hybridized carbons (Fsp3) is 0.312. The summed E-state index contributed by atoms with van der Waals surface area (Å²) >= 11 is 3.39. The lowest BCUT2D eigenvalue weighted by Gasteiger charge is -2.25. The van der Waals surface area contributed by atoms with E-state index in [2.05, 4.69) is 26.6 Å². The van der Waals surface area contributed by atoms with Gasteiger partial charge >= 0.3 is 0 Å². The van der Waals surface area contributed by atoms with E-state index in [1.165, 1.54) is 46.6 Å². The molecule has 0 unspecified atom stereocenters. The molecule has 2 N–H and O–H groups in total. The van der Waals surface area contributed by atoms with Crippen LogP contribution in [0.15, 0.2) is 40.9 Å². The summed E-state index contributed by atoms with van der Waals surface area (Å²) in [6.45, 7) is -2.99. The highest BCUT2D eigenvalue weighted by Gasteiger charge is 2.36. The smallest absolute Gasteiger partial charge is 0.257 e. The molecule has 0 saturated heterocycles. The highest BCUT2D eigenvalue weighted by molar-refractivity contribution is 9.10. The zero-order valence-electron chi connectivity index (χ0n) is 31.3. The topological polar surface area (TPSA) is 136 Å². The Bertz CT molecular complexity index is 1870. The van der Waals surface area contributed by atoms with Crippen LogP contribution in [0.3, 0.4) is 0 Å². The lowest BCUT2D eigenvalue weighted by Crippen LogP contribution is -2.45. The van der Waals surface area contributed by atoms with Crippen LogP contribution in [-0.4, -0.2) is 81.8 Å². The van der Waals surface area contributed by atoms with E-state index in [4.69, 9.17) is 27.2 Å². The predicted octanol–water partition coefficient (Wildman–Crippen LogP) is 5.01. The minimum Gasteiger partial charge on any atom is -0.493 e. The number of anilines is 2. The molecule has 4 rings (SSSR count). The van der Waals surface area contributed by atoms with Crippen LogP contribution in [0.25, 0.3) is 0 Å². The van der Waals surface area contributed by atoms with Crippen molar-refractivity contribution in [3.8, 4) is 28.7 Å². The maximum Gasteiger partial charge on any atom is 0.257 e. The number of ether oxygens (including phenoxy) is 4. The molecule has 1 aliphatic rings. The second-order valence-corrected chi connectivity index (χ2v) is 10.9. The highest BCUT2D eigenvalue weighted by atomic mass is 79.9. The van der Waals surface area contributed by atoms with Gasteiger partial charge in [-0.3, -0.25) is 19.2 Å². The summed E-state index contributed by atoms with van der Waals surface area (Å²) in [5, 5.41) is 5.31. The van der Waals surface area contributed by atoms with Gasteiger partial charge in [-0.25, -0.2) is 0 Å². The van der Waals surface area contributed by atoms with Gasteiger partial charge in [-0.15, -0.1) is 0 Å². The van der Waals surface area contributed by atoms with Gasteiger partial charge in [0.2, 0.25) is 17.6 Å². The largest absolute Gasteiger partial charge is 0.493 e. The number of nitrogens with zero attached hydrogens (tertiary/aromatic N) is 2. The monoisotopic (exact) mass is 688 g/mol. The Morgan fingerprint density at radius 2 is 1.64 bits per heavy atom. The number of benzene rings is 3. The maximum absolute atomic E-state index is 13.9. The summed E-state index contributed by atoms with van der Waals surface area (Å²) in [5.41, 5.74) is 1.62. The fourth-order valence-corrected chi connectivity index (χ4v) is 5.48. The average Bonchev–Trinajstić information content (AvgIpc) is 3.08. The van der Waals surface area contributed by atoms with Crippen molar-refractivity contribution < 1.29 is 46.4 Å². The molecule has 0 aromatic heterocycles. The van der Waals surface area contributed by atoms with Crippen LogP contribution in [0.2, 0.25) is 0 Å². The average molecular weight is 690 g/mol. The molecule has 0 spiro atoms. The number of halogens is 1. The summed E-state index contributed by atoms with van der Waals surface area (Å²) < 4.78 is 68.1. The standard InChI is InChI=1S/C32H35BrN4O8/c1-16-9-17(2)11-18(10-16)45-24-12-19-21(34-31(40)23(37(5)32(19)41)15-26(38)36(3)4)14-22(24)35-30(39)20-13-25(42-6)28(43-7)29(44-8)27(20)33/h9-14,23H,15H2,1-8H3,(H,34,40)(H,35,39)/t23-/m0/s1/i3D3,4D3. The minimum atomic E-state index is -3.35. The highest BCUT2D eigenvalue weighted by Crippen LogP contribution is 2.45. The Balaban J connectivity index is 1.81. The molecule has 0 saturated carbocycles. The molecule has 13 heteroatoms. The van der Waals surface area contributed by atoms with Gasteiger partial charge in [-0.2, -0.15) is 0 Å². The van der Waals surface area contributed by atoms with Gasteiger partial charge in [0, 0.05) is 29.2 Å². The van der Waals surface area contributed by atoms with Crippen LogP contribution >= 0.6 is 15.9 Å². The molecule has 3 aromatic carbocycles. The zero-order valence-corrected chi connectivity index (χ0v) is 26.9. The van der Waals surface area contributed by atoms with Crippen molar-refractivity contribution in [2.24, 2.45) is 0 Å². The predicted molar refractivity (Wildman–Crippen MR) is 172 cm³/mol. The molecule has 12 nitrogen and oxygen atoms in total. The number of likely N-dealkylation sites (N-methyl/N-ethyl adjacent to an activating group) is 1. The van der Waals surface area contributed by atoms with E-state index in [-0.39, 0.29) is 54.9 Å². The van der Waals surface area contributed by atoms with E-state index in [9.17, 15) is 19.2 Å². The van der Waals surface area contributed by atoms with Gasteiger partial charge in [0.25, 0.3) is 11.8 Å². The van der Waals surface area contributed by atoms with Crippen LogP contribution in [-0.2, 0) is 9.59 Å². The van der Waals surface area contributed by atoms with Crippen molar-refractivity contribution in [1.29, 1.82) is 0 Å². The molecule has 1 aliphatic heterocycles. The maximum atomic E-state index is 13.9. The molecule has 0 aliphatic carbocycles. The summed E-state index contributed by atoms with van der Waals surface area (Å²) in [7, 11) is 5.39. The molecule has 1 atom stereocenters. The van der Waals surface area contributed by atoms with Gasteiger partial charge in [-0.1, -0.05) is 6.07 Å². The van der Waals surface area contributed by atoms with E-state index >= 15 is 0 Å². The van der Waals surface area contributed by atoms with Crippen LogP contribution in [0.5, 0.6) is 28.7 Å². The second-order valence-electron chi connectivity index (χ2n) is 10.1. The first-order valence-corrected chi connectivity index (χ1v) is 14.2. The van der Waals surface area contributed by atoms with E-state index in [0.717, 1.165) is 16.0 Å². The van der Waals surface area contributed by atoms with Crippen LogP contribution in [0.4, 0.5) is 11.4 Å². The molecule has 0 fully saturated rings. The molecule has 0 bridgehead atoms. The van der Waals surface area contributed by atoms with Gasteiger partial charge in [-0.05, 0) is 71.2 Å². The fourth-order valence-electron chi connectivity index (χ4n) is 4.85. The van der Waals surface area contributed by atoms with Gasteiger partial charge in [0.1, 0.15) is 11.8 Å². The van der Waals surface area contributed by atoms with Crippen molar-refractivity contribution >= 4 is 50.9 Å². The van der Waals surface area contributed by atoms with E-state index in [1.54, 1.807) is 12.1 Å². The van der Waals surface area contributed by atoms with Crippen molar-refractivity contribution in [2.75, 3.05) is 53.0 Å². The lowest BCUT2D eigenvalue weighted by molar-refractivity contribution is -0.132. The summed E-state index contributed by atoms with van der Waals surface area (Å²) in [4.78, 5) is 54.9. The summed E-state index contributed by atoms with van der Waals surface area (Å²) in [5.74, 6) is -2.83. The molecule has 238 valence electrons. The van der Waals surface area contributed by atoms with Crippen molar-refractivity contribution in [2.45, 2.75) is 26.3 Å². The Labute approximate surface area is 278 Å². The number of amides is 4. The lowest BCUT2D eigenvalue weighted by atomic mass is 10.1. The van der Waals surface area contributed by atoms with E-state index in [1.807, 2.05) is 19.9 Å². The number of carbonyl (C=O) groups excluding carboxylic acids is 4. The number of methoxy groups -OCH3 is 3. The second kappa shape index (κ2) is 13.5. The zero-order chi connectivity index (χ0) is 38.2. The Hall–Kier alpha value is -4.78. The van der Waals surface area contributed by atoms with Crippen LogP contribution in [0.1, 0.15) is 46.5 Å². The normalized spacial score (nSPS) is 16.7. The number of hydrogen-bond acceptors (Lipinski definition) is 8. The van der Waals surface area contributed by atoms with Crippen molar-refractivity contribution in [3.63, 3.8) is 0 Å². The van der Waals surface area contributed by atoms with Crippen LogP contribution < -0.4 is 29.6 Å². The molecular formula is C32H35BrN4O8. The first kappa shape index (κ1) is 25.5. The van der Waals surface area contributed by atoms with E-state index in [0.29, 0.717) is 5.75 Å². The number of rotatable bonds is 9. The summed E-state index contributed by atoms with van der Waals surface area (Å²) in [6.07, 6.45) is -0.955. The third-order valence-corrected chi connectivity index (χ3v) is 7.79. The van der Waals surface area contributed by atoms with Crippen molar-refractivity contribution in [1.82, 2.24) is 9.80 Å². The number of nitrogens with one attached hydrogen (secondary N) is 2. The molecule has 3 aromatic rings. The quantitative estimate of drug-likeness (QED) is 0.320. The number of fused-ring (bicyclic) bond motifs is 1. The summed E-state index contributed by atoms with van der Waals surface area (Å²) in [6, 6.07) is 7.79. The molecule has 1 heterocycles. The first-order chi connectivity index (χ1) is 23.7. The third kappa shape index (κ3) is 6.83. The minimum absolute atomic E-state index is 0.00262. The number of aryl methyl sites for hydroxylation is 2. The van der Waals surface area contributed by atoms with Gasteiger partial charge in [0.05, 0.1) is 54.7 Å². The third-order valence-electron chi connectivity index (χ3n) is 7.00. The van der Waals surface area contributed by atoms with Crippen molar-refractivity contribution in [3.05, 3.63) is 63.1 Å². The van der Waals surface area contributed by atoms with Gasteiger partial charge in [0.15, 0.2) is 17.2 Å². The molecule has 45 heavy (non-hydrogen) atoms. The first-order valence-electron chi connectivity index (χ1n) is 16.4. The molecular weight excluding hydrogens is 648 g/mol. The molecule has 4 amide bonds.